The molecule has 0 radical (unpaired) electrons. The number of aromatic nitrogens is 3. The van der Waals surface area contributed by atoms with Gasteiger partial charge in [0.15, 0.2) is 0 Å². The molecule has 6 heteroatoms. The Hall–Kier alpha value is -1.92. The number of thiophene rings is 1. The van der Waals surface area contributed by atoms with Gasteiger partial charge in [0, 0.05) is 55.5 Å². The molecule has 0 N–H and O–H groups in total. The van der Waals surface area contributed by atoms with Gasteiger partial charge < -0.3 is 9.47 Å². The van der Waals surface area contributed by atoms with E-state index in [0.717, 1.165) is 39.3 Å². The number of hydrogen-bond acceptors (Lipinski definition) is 5. The molecule has 0 atom stereocenters. The van der Waals surface area contributed by atoms with Crippen LogP contribution in [0.5, 0.6) is 0 Å². The maximum Gasteiger partial charge on any atom is 0.141 e. The SMILES string of the molecule is Cc1ccc(C)n1CCN1CCN(c2ncnc3sc4c(c23)CCCC4)CC1. The molecule has 1 fully saturated rings. The molecule has 0 aromatic carbocycles. The van der Waals surface area contributed by atoms with Crippen molar-refractivity contribution < 1.29 is 0 Å². The van der Waals surface area contributed by atoms with Gasteiger partial charge in [-0.25, -0.2) is 9.97 Å². The Morgan fingerprint density at radius 3 is 2.46 bits per heavy atom. The highest BCUT2D eigenvalue weighted by molar-refractivity contribution is 7.19. The summed E-state index contributed by atoms with van der Waals surface area (Å²) in [6.45, 7) is 10.9. The Bertz CT molecular complexity index is 961. The normalized spacial score (nSPS) is 18.0. The lowest BCUT2D eigenvalue weighted by Crippen LogP contribution is -2.47. The highest BCUT2D eigenvalue weighted by Crippen LogP contribution is 2.39. The van der Waals surface area contributed by atoms with Crippen LogP contribution in [0.4, 0.5) is 5.82 Å². The quantitative estimate of drug-likeness (QED) is 0.673. The van der Waals surface area contributed by atoms with Crippen molar-refractivity contribution in [3.8, 4) is 0 Å². The van der Waals surface area contributed by atoms with Crippen LogP contribution in [-0.2, 0) is 19.4 Å². The van der Waals surface area contributed by atoms with Gasteiger partial charge in [-0.2, -0.15) is 0 Å². The van der Waals surface area contributed by atoms with Crippen LogP contribution in [-0.4, -0.2) is 52.2 Å². The first kappa shape index (κ1) is 18.1. The van der Waals surface area contributed by atoms with Crippen LogP contribution in [0.2, 0.25) is 0 Å². The lowest BCUT2D eigenvalue weighted by Gasteiger charge is -2.36. The molecule has 0 saturated carbocycles. The summed E-state index contributed by atoms with van der Waals surface area (Å²) >= 11 is 1.90. The minimum atomic E-state index is 1.06. The van der Waals surface area contributed by atoms with Crippen molar-refractivity contribution in [2.75, 3.05) is 37.6 Å². The first-order valence-corrected chi connectivity index (χ1v) is 11.4. The van der Waals surface area contributed by atoms with E-state index in [1.807, 2.05) is 11.3 Å². The van der Waals surface area contributed by atoms with E-state index in [2.05, 4.69) is 45.3 Å². The molecule has 3 aromatic rings. The van der Waals surface area contributed by atoms with Gasteiger partial charge in [-0.05, 0) is 57.2 Å². The van der Waals surface area contributed by atoms with Gasteiger partial charge in [0.1, 0.15) is 17.0 Å². The fraction of sp³-hybridized carbons (Fsp3) is 0.545. The Morgan fingerprint density at radius 1 is 0.929 bits per heavy atom. The van der Waals surface area contributed by atoms with Crippen molar-refractivity contribution in [3.63, 3.8) is 0 Å². The molecule has 2 aliphatic rings. The highest BCUT2D eigenvalue weighted by Gasteiger charge is 2.24. The molecule has 0 unspecified atom stereocenters. The average molecular weight is 396 g/mol. The second-order valence-electron chi connectivity index (χ2n) is 8.18. The predicted octanol–water partition coefficient (Wildman–Crippen LogP) is 3.81. The molecule has 0 amide bonds. The summed E-state index contributed by atoms with van der Waals surface area (Å²) in [5.74, 6) is 1.18. The van der Waals surface area contributed by atoms with E-state index in [-0.39, 0.29) is 0 Å². The van der Waals surface area contributed by atoms with Crippen LogP contribution in [0.3, 0.4) is 0 Å². The van der Waals surface area contributed by atoms with Crippen molar-refractivity contribution >= 4 is 27.4 Å². The zero-order chi connectivity index (χ0) is 19.1. The van der Waals surface area contributed by atoms with E-state index >= 15 is 0 Å². The number of piperazine rings is 1. The highest BCUT2D eigenvalue weighted by atomic mass is 32.1. The van der Waals surface area contributed by atoms with Crippen LogP contribution in [0.15, 0.2) is 18.5 Å². The summed E-state index contributed by atoms with van der Waals surface area (Å²) in [6, 6.07) is 4.43. The molecule has 4 heterocycles. The van der Waals surface area contributed by atoms with Gasteiger partial charge in [0.25, 0.3) is 0 Å². The van der Waals surface area contributed by atoms with Gasteiger partial charge in [0.2, 0.25) is 0 Å². The van der Waals surface area contributed by atoms with E-state index < -0.39 is 0 Å². The average Bonchev–Trinajstić information content (AvgIpc) is 3.26. The molecule has 1 aliphatic carbocycles. The Balaban J connectivity index is 1.29. The fourth-order valence-corrected chi connectivity index (χ4v) is 6.01. The lowest BCUT2D eigenvalue weighted by molar-refractivity contribution is 0.247. The first-order chi connectivity index (χ1) is 13.7. The predicted molar refractivity (Wildman–Crippen MR) is 117 cm³/mol. The van der Waals surface area contributed by atoms with Crippen molar-refractivity contribution in [1.82, 2.24) is 19.4 Å². The molecule has 0 spiro atoms. The van der Waals surface area contributed by atoms with Gasteiger partial charge in [-0.1, -0.05) is 0 Å². The fourth-order valence-electron chi connectivity index (χ4n) is 4.79. The minimum absolute atomic E-state index is 1.06. The first-order valence-electron chi connectivity index (χ1n) is 10.6. The van der Waals surface area contributed by atoms with Crippen molar-refractivity contribution in [1.29, 1.82) is 0 Å². The third-order valence-corrected chi connectivity index (χ3v) is 7.66. The molecular weight excluding hydrogens is 366 g/mol. The Labute approximate surface area is 171 Å². The maximum atomic E-state index is 4.74. The van der Waals surface area contributed by atoms with Crippen LogP contribution in [0, 0.1) is 13.8 Å². The zero-order valence-electron chi connectivity index (χ0n) is 16.9. The zero-order valence-corrected chi connectivity index (χ0v) is 17.8. The van der Waals surface area contributed by atoms with Crippen LogP contribution in [0.1, 0.15) is 34.7 Å². The van der Waals surface area contributed by atoms with Crippen molar-refractivity contribution in [2.24, 2.45) is 0 Å². The molecular formula is C22H29N5S. The van der Waals surface area contributed by atoms with Gasteiger partial charge in [0.05, 0.1) is 5.39 Å². The molecule has 28 heavy (non-hydrogen) atoms. The maximum absolute atomic E-state index is 4.74. The van der Waals surface area contributed by atoms with Crippen LogP contribution in [0.25, 0.3) is 10.2 Å². The molecule has 5 nitrogen and oxygen atoms in total. The van der Waals surface area contributed by atoms with E-state index in [9.17, 15) is 0 Å². The number of aryl methyl sites for hydroxylation is 4. The van der Waals surface area contributed by atoms with Gasteiger partial charge in [-0.3, -0.25) is 4.90 Å². The third-order valence-electron chi connectivity index (χ3n) is 6.46. The van der Waals surface area contributed by atoms with Crippen molar-refractivity contribution in [2.45, 2.75) is 46.1 Å². The van der Waals surface area contributed by atoms with E-state index in [4.69, 9.17) is 4.98 Å². The summed E-state index contributed by atoms with van der Waals surface area (Å²) in [6.07, 6.45) is 6.82. The number of anilines is 1. The number of rotatable bonds is 4. The van der Waals surface area contributed by atoms with Crippen LogP contribution >= 0.6 is 11.3 Å². The minimum Gasteiger partial charge on any atom is -0.353 e. The topological polar surface area (TPSA) is 37.2 Å². The van der Waals surface area contributed by atoms with E-state index in [1.165, 1.54) is 53.1 Å². The summed E-state index contributed by atoms with van der Waals surface area (Å²) in [4.78, 5) is 17.2. The second-order valence-corrected chi connectivity index (χ2v) is 9.27. The second kappa shape index (κ2) is 7.48. The summed E-state index contributed by atoms with van der Waals surface area (Å²) in [7, 11) is 0. The summed E-state index contributed by atoms with van der Waals surface area (Å²) in [5, 5.41) is 1.36. The number of hydrogen-bond donors (Lipinski definition) is 0. The number of fused-ring (bicyclic) bond motifs is 3. The monoisotopic (exact) mass is 395 g/mol. The Kier molecular flexibility index (Phi) is 4.85. The molecule has 1 saturated heterocycles. The van der Waals surface area contributed by atoms with Crippen molar-refractivity contribution in [3.05, 3.63) is 40.3 Å². The Morgan fingerprint density at radius 2 is 1.68 bits per heavy atom. The lowest BCUT2D eigenvalue weighted by atomic mass is 9.97. The standard InChI is InChI=1S/C22H29N5S/c1-16-7-8-17(2)27(16)14-11-25-9-12-26(13-10-25)21-20-18-5-3-4-6-19(18)28-22(20)24-15-23-21/h7-8,15H,3-6,9-14H2,1-2H3. The molecule has 148 valence electrons. The third kappa shape index (κ3) is 3.22. The smallest absolute Gasteiger partial charge is 0.141 e. The van der Waals surface area contributed by atoms with Crippen LogP contribution < -0.4 is 4.90 Å². The van der Waals surface area contributed by atoms with E-state index in [1.54, 1.807) is 16.8 Å². The summed E-state index contributed by atoms with van der Waals surface area (Å²) < 4.78 is 2.43. The molecule has 5 rings (SSSR count). The number of nitrogens with zero attached hydrogens (tertiary/aromatic N) is 5. The largest absolute Gasteiger partial charge is 0.353 e. The summed E-state index contributed by atoms with van der Waals surface area (Å²) in [5.41, 5.74) is 4.27. The van der Waals surface area contributed by atoms with E-state index in [0.29, 0.717) is 0 Å². The molecule has 3 aromatic heterocycles. The molecule has 1 aliphatic heterocycles. The van der Waals surface area contributed by atoms with Gasteiger partial charge in [-0.15, -0.1) is 11.3 Å². The molecule has 0 bridgehead atoms. The van der Waals surface area contributed by atoms with Gasteiger partial charge >= 0.3 is 0 Å².